The van der Waals surface area contributed by atoms with Gasteiger partial charge in [0, 0.05) is 25.2 Å². The van der Waals surface area contributed by atoms with Crippen LogP contribution in [0.3, 0.4) is 0 Å². The number of esters is 1. The molecule has 1 saturated heterocycles. The van der Waals surface area contributed by atoms with Crippen LogP contribution < -0.4 is 9.64 Å². The summed E-state index contributed by atoms with van der Waals surface area (Å²) in [7, 11) is 0. The lowest BCUT2D eigenvalue weighted by Gasteiger charge is -2.31. The summed E-state index contributed by atoms with van der Waals surface area (Å²) in [4.78, 5) is 41.5. The standard InChI is InChI=1S/C24H26N2O5/c27-21-17-30-20-12-6-5-11-19(20)26(21)16-13-22(28)31-23(18-9-3-1-4-10-18)24(29)25-14-7-2-8-15-25/h1,3-6,9-12,23H,2,7-8,13-17H2/t23-/m0/s1. The van der Waals surface area contributed by atoms with Gasteiger partial charge < -0.3 is 19.3 Å². The van der Waals surface area contributed by atoms with Crippen molar-refractivity contribution in [3.8, 4) is 5.75 Å². The average molecular weight is 422 g/mol. The highest BCUT2D eigenvalue weighted by Crippen LogP contribution is 2.31. The Morgan fingerprint density at radius 3 is 2.45 bits per heavy atom. The SMILES string of the molecule is O=C(CCN1C(=O)COc2ccccc21)O[C@H](C(=O)N1CCCCC1)c1ccccc1. The zero-order valence-corrected chi connectivity index (χ0v) is 17.4. The van der Waals surface area contributed by atoms with E-state index in [9.17, 15) is 14.4 Å². The fourth-order valence-corrected chi connectivity index (χ4v) is 3.96. The number of carbonyl (C=O) groups is 3. The number of benzene rings is 2. The molecular weight excluding hydrogens is 396 g/mol. The minimum atomic E-state index is -0.973. The number of likely N-dealkylation sites (tertiary alicyclic amines) is 1. The molecule has 0 unspecified atom stereocenters. The van der Waals surface area contributed by atoms with Crippen LogP contribution >= 0.6 is 0 Å². The zero-order chi connectivity index (χ0) is 21.6. The summed E-state index contributed by atoms with van der Waals surface area (Å²) in [5.74, 6) is -0.309. The van der Waals surface area contributed by atoms with Gasteiger partial charge in [0.1, 0.15) is 5.75 Å². The molecule has 1 fully saturated rings. The topological polar surface area (TPSA) is 76.1 Å². The van der Waals surface area contributed by atoms with Crippen molar-refractivity contribution in [1.29, 1.82) is 0 Å². The molecule has 2 aliphatic rings. The monoisotopic (exact) mass is 422 g/mol. The number of carbonyl (C=O) groups excluding carboxylic acids is 3. The number of rotatable bonds is 6. The molecule has 2 aromatic carbocycles. The Morgan fingerprint density at radius 1 is 0.968 bits per heavy atom. The van der Waals surface area contributed by atoms with Crippen molar-refractivity contribution in [3.05, 3.63) is 60.2 Å². The fourth-order valence-electron chi connectivity index (χ4n) is 3.96. The second kappa shape index (κ2) is 9.64. The minimum Gasteiger partial charge on any atom is -0.482 e. The first-order chi connectivity index (χ1) is 15.1. The highest BCUT2D eigenvalue weighted by atomic mass is 16.5. The van der Waals surface area contributed by atoms with E-state index >= 15 is 0 Å². The van der Waals surface area contributed by atoms with Gasteiger partial charge in [-0.25, -0.2) is 0 Å². The van der Waals surface area contributed by atoms with E-state index in [-0.39, 0.29) is 31.4 Å². The van der Waals surface area contributed by atoms with Crippen molar-refractivity contribution in [2.45, 2.75) is 31.8 Å². The summed E-state index contributed by atoms with van der Waals surface area (Å²) >= 11 is 0. The van der Waals surface area contributed by atoms with Gasteiger partial charge in [-0.05, 0) is 31.4 Å². The lowest BCUT2D eigenvalue weighted by atomic mass is 10.1. The Kier molecular flexibility index (Phi) is 6.50. The van der Waals surface area contributed by atoms with Gasteiger partial charge in [0.25, 0.3) is 11.8 Å². The molecule has 162 valence electrons. The maximum atomic E-state index is 13.1. The van der Waals surface area contributed by atoms with Gasteiger partial charge in [-0.2, -0.15) is 0 Å². The third-order valence-corrected chi connectivity index (χ3v) is 5.59. The number of nitrogens with zero attached hydrogens (tertiary/aromatic N) is 2. The van der Waals surface area contributed by atoms with Crippen LogP contribution in [0.2, 0.25) is 0 Å². The summed E-state index contributed by atoms with van der Waals surface area (Å²) in [6, 6.07) is 16.3. The van der Waals surface area contributed by atoms with Crippen LogP contribution in [-0.2, 0) is 19.1 Å². The zero-order valence-electron chi connectivity index (χ0n) is 17.4. The van der Waals surface area contributed by atoms with Crippen molar-refractivity contribution in [2.24, 2.45) is 0 Å². The van der Waals surface area contributed by atoms with Crippen molar-refractivity contribution in [2.75, 3.05) is 31.1 Å². The van der Waals surface area contributed by atoms with Crippen molar-refractivity contribution < 1.29 is 23.9 Å². The number of hydrogen-bond donors (Lipinski definition) is 0. The van der Waals surface area contributed by atoms with E-state index in [4.69, 9.17) is 9.47 Å². The minimum absolute atomic E-state index is 0.0172. The Balaban J connectivity index is 1.44. The first kappa shape index (κ1) is 20.9. The second-order valence-corrected chi connectivity index (χ2v) is 7.72. The van der Waals surface area contributed by atoms with Crippen molar-refractivity contribution in [1.82, 2.24) is 4.90 Å². The molecule has 0 radical (unpaired) electrons. The molecule has 2 aromatic rings. The molecule has 1 atom stereocenters. The first-order valence-electron chi connectivity index (χ1n) is 10.7. The molecule has 0 saturated carbocycles. The molecular formula is C24H26N2O5. The molecule has 2 aliphatic heterocycles. The van der Waals surface area contributed by atoms with E-state index in [1.165, 1.54) is 4.90 Å². The van der Waals surface area contributed by atoms with Gasteiger partial charge in [-0.15, -0.1) is 0 Å². The van der Waals surface area contributed by atoms with E-state index in [1.54, 1.807) is 29.2 Å². The lowest BCUT2D eigenvalue weighted by molar-refractivity contribution is -0.161. The molecule has 0 aliphatic carbocycles. The number of para-hydroxylation sites is 2. The largest absolute Gasteiger partial charge is 0.482 e. The number of amides is 2. The van der Waals surface area contributed by atoms with Crippen LogP contribution in [0.5, 0.6) is 5.75 Å². The van der Waals surface area contributed by atoms with Gasteiger partial charge in [-0.3, -0.25) is 14.4 Å². The summed E-state index contributed by atoms with van der Waals surface area (Å²) < 4.78 is 11.1. The third-order valence-electron chi connectivity index (χ3n) is 5.59. The molecule has 2 heterocycles. The highest BCUT2D eigenvalue weighted by Gasteiger charge is 2.31. The predicted octanol–water partition coefficient (Wildman–Crippen LogP) is 3.10. The quantitative estimate of drug-likeness (QED) is 0.669. The van der Waals surface area contributed by atoms with E-state index in [2.05, 4.69) is 0 Å². The molecule has 7 heteroatoms. The number of anilines is 1. The van der Waals surface area contributed by atoms with Crippen LogP contribution in [0.1, 0.15) is 37.4 Å². The number of fused-ring (bicyclic) bond motifs is 1. The van der Waals surface area contributed by atoms with Gasteiger partial charge in [0.2, 0.25) is 6.10 Å². The highest BCUT2D eigenvalue weighted by molar-refractivity contribution is 5.98. The summed E-state index contributed by atoms with van der Waals surface area (Å²) in [6.07, 6.45) is 2.03. The van der Waals surface area contributed by atoms with Crippen LogP contribution in [-0.4, -0.2) is 48.9 Å². The van der Waals surface area contributed by atoms with Gasteiger partial charge in [0.15, 0.2) is 6.61 Å². The number of ether oxygens (including phenoxy) is 2. The van der Waals surface area contributed by atoms with Crippen molar-refractivity contribution >= 4 is 23.5 Å². The molecule has 31 heavy (non-hydrogen) atoms. The molecule has 0 bridgehead atoms. The Labute approximate surface area is 181 Å². The second-order valence-electron chi connectivity index (χ2n) is 7.72. The fraction of sp³-hybridized carbons (Fsp3) is 0.375. The Hall–Kier alpha value is -3.35. The van der Waals surface area contributed by atoms with Crippen LogP contribution in [0.4, 0.5) is 5.69 Å². The number of hydrogen-bond acceptors (Lipinski definition) is 5. The smallest absolute Gasteiger partial charge is 0.308 e. The Morgan fingerprint density at radius 2 is 1.68 bits per heavy atom. The average Bonchev–Trinajstić information content (AvgIpc) is 2.82. The molecule has 0 spiro atoms. The molecule has 7 nitrogen and oxygen atoms in total. The van der Waals surface area contributed by atoms with Crippen LogP contribution in [0.15, 0.2) is 54.6 Å². The molecule has 4 rings (SSSR count). The Bertz CT molecular complexity index is 940. The normalized spacial score (nSPS) is 16.8. The predicted molar refractivity (Wildman–Crippen MR) is 115 cm³/mol. The van der Waals surface area contributed by atoms with E-state index in [0.717, 1.165) is 19.3 Å². The van der Waals surface area contributed by atoms with Crippen LogP contribution in [0.25, 0.3) is 0 Å². The van der Waals surface area contributed by atoms with Crippen LogP contribution in [0, 0.1) is 0 Å². The molecule has 0 N–H and O–H groups in total. The van der Waals surface area contributed by atoms with E-state index < -0.39 is 12.1 Å². The van der Waals surface area contributed by atoms with E-state index in [0.29, 0.717) is 30.1 Å². The maximum absolute atomic E-state index is 13.1. The maximum Gasteiger partial charge on any atom is 0.308 e. The summed E-state index contributed by atoms with van der Waals surface area (Å²) in [6.45, 7) is 1.46. The molecule has 0 aromatic heterocycles. The van der Waals surface area contributed by atoms with Gasteiger partial charge in [-0.1, -0.05) is 42.5 Å². The first-order valence-corrected chi connectivity index (χ1v) is 10.7. The lowest BCUT2D eigenvalue weighted by Crippen LogP contribution is -2.41. The van der Waals surface area contributed by atoms with Gasteiger partial charge in [0.05, 0.1) is 12.1 Å². The van der Waals surface area contributed by atoms with E-state index in [1.807, 2.05) is 30.3 Å². The van der Waals surface area contributed by atoms with Gasteiger partial charge >= 0.3 is 5.97 Å². The van der Waals surface area contributed by atoms with Crippen molar-refractivity contribution in [3.63, 3.8) is 0 Å². The third kappa shape index (κ3) is 4.87. The summed E-state index contributed by atoms with van der Waals surface area (Å²) in [5, 5.41) is 0. The number of piperidine rings is 1. The molecule has 2 amide bonds. The summed E-state index contributed by atoms with van der Waals surface area (Å²) in [5.41, 5.74) is 1.29.